The van der Waals surface area contributed by atoms with Crippen LogP contribution in [-0.2, 0) is 9.53 Å². The van der Waals surface area contributed by atoms with E-state index in [0.29, 0.717) is 17.1 Å². The lowest BCUT2D eigenvalue weighted by Crippen LogP contribution is -2.25. The summed E-state index contributed by atoms with van der Waals surface area (Å²) < 4.78 is 15.5. The predicted octanol–water partition coefficient (Wildman–Crippen LogP) is 2.47. The van der Waals surface area contributed by atoms with Crippen molar-refractivity contribution in [1.29, 1.82) is 0 Å². The Hall–Kier alpha value is -1.75. The number of esters is 1. The molecule has 0 radical (unpaired) electrons. The molecule has 1 unspecified atom stereocenters. The number of hydrogen-bond donors (Lipinski definition) is 1. The van der Waals surface area contributed by atoms with Crippen LogP contribution in [0.15, 0.2) is 18.2 Å². The molecule has 0 saturated heterocycles. The van der Waals surface area contributed by atoms with Gasteiger partial charge in [-0.3, -0.25) is 4.79 Å². The smallest absolute Gasteiger partial charge is 0.309 e. The van der Waals surface area contributed by atoms with Crippen LogP contribution in [0, 0.1) is 0 Å². The molecule has 1 N–H and O–H groups in total. The number of rotatable bonds is 5. The number of ether oxygens (including phenoxy) is 3. The highest BCUT2D eigenvalue weighted by Gasteiger charge is 2.22. The van der Waals surface area contributed by atoms with Gasteiger partial charge >= 0.3 is 5.97 Å². The van der Waals surface area contributed by atoms with Gasteiger partial charge < -0.3 is 19.3 Å². The maximum atomic E-state index is 11.7. The van der Waals surface area contributed by atoms with E-state index in [1.165, 1.54) is 14.2 Å². The van der Waals surface area contributed by atoms with Gasteiger partial charge in [0.05, 0.1) is 26.7 Å². The maximum Gasteiger partial charge on any atom is 0.309 e. The van der Waals surface area contributed by atoms with Crippen molar-refractivity contribution >= 4 is 5.97 Å². The Kier molecular flexibility index (Phi) is 5.39. The molecule has 0 spiro atoms. The average molecular weight is 282 g/mol. The summed E-state index contributed by atoms with van der Waals surface area (Å²) in [7, 11) is 3.04. The summed E-state index contributed by atoms with van der Waals surface area (Å²) in [5, 5.41) is 10.2. The zero-order valence-electron chi connectivity index (χ0n) is 12.6. The summed E-state index contributed by atoms with van der Waals surface area (Å²) in [5.74, 6) is 0.626. The van der Waals surface area contributed by atoms with Gasteiger partial charge in [0.2, 0.25) is 0 Å². The molecule has 112 valence electrons. The van der Waals surface area contributed by atoms with Gasteiger partial charge in [-0.15, -0.1) is 0 Å². The molecule has 0 aromatic heterocycles. The molecule has 0 fully saturated rings. The summed E-state index contributed by atoms with van der Waals surface area (Å²) in [4.78, 5) is 11.7. The van der Waals surface area contributed by atoms with Crippen molar-refractivity contribution < 1.29 is 24.1 Å². The van der Waals surface area contributed by atoms with E-state index in [-0.39, 0.29) is 6.42 Å². The predicted molar refractivity (Wildman–Crippen MR) is 75.0 cm³/mol. The lowest BCUT2D eigenvalue weighted by molar-refractivity contribution is -0.157. The van der Waals surface area contributed by atoms with Crippen molar-refractivity contribution in [3.05, 3.63) is 23.8 Å². The second-order valence-corrected chi connectivity index (χ2v) is 5.41. The quantitative estimate of drug-likeness (QED) is 0.840. The zero-order valence-corrected chi connectivity index (χ0v) is 12.6. The van der Waals surface area contributed by atoms with Gasteiger partial charge in [-0.2, -0.15) is 0 Å². The van der Waals surface area contributed by atoms with Crippen LogP contribution < -0.4 is 9.47 Å². The molecule has 0 bridgehead atoms. The Bertz CT molecular complexity index is 462. The lowest BCUT2D eigenvalue weighted by atomic mass is 10.0. The normalized spacial score (nSPS) is 12.7. The molecule has 0 aliphatic heterocycles. The maximum absolute atomic E-state index is 11.7. The minimum atomic E-state index is -1.00. The van der Waals surface area contributed by atoms with E-state index < -0.39 is 17.7 Å². The Morgan fingerprint density at radius 2 is 1.90 bits per heavy atom. The number of methoxy groups -OCH3 is 2. The van der Waals surface area contributed by atoms with Crippen LogP contribution in [-0.4, -0.2) is 30.9 Å². The van der Waals surface area contributed by atoms with Crippen molar-refractivity contribution in [1.82, 2.24) is 0 Å². The van der Waals surface area contributed by atoms with Crippen molar-refractivity contribution in [3.8, 4) is 11.5 Å². The molecule has 1 aromatic carbocycles. The molecule has 0 amide bonds. The molecule has 1 atom stereocenters. The van der Waals surface area contributed by atoms with Crippen molar-refractivity contribution in [2.24, 2.45) is 0 Å². The second-order valence-electron chi connectivity index (χ2n) is 5.41. The number of aliphatic hydroxyl groups is 1. The second kappa shape index (κ2) is 6.61. The molecule has 5 heteroatoms. The average Bonchev–Trinajstić information content (AvgIpc) is 2.35. The number of benzene rings is 1. The highest BCUT2D eigenvalue weighted by atomic mass is 16.6. The third-order valence-corrected chi connectivity index (χ3v) is 2.58. The topological polar surface area (TPSA) is 65.0 Å². The monoisotopic (exact) mass is 282 g/mol. The fraction of sp³-hybridized carbons (Fsp3) is 0.533. The summed E-state index contributed by atoms with van der Waals surface area (Å²) in [6, 6.07) is 5.06. The number of carbonyl (C=O) groups is 1. The van der Waals surface area contributed by atoms with Gasteiger partial charge in [0.1, 0.15) is 17.1 Å². The van der Waals surface area contributed by atoms with Gasteiger partial charge in [-0.1, -0.05) is 0 Å². The highest BCUT2D eigenvalue weighted by Crippen LogP contribution is 2.31. The first kappa shape index (κ1) is 16.3. The van der Waals surface area contributed by atoms with Crippen LogP contribution in [0.5, 0.6) is 11.5 Å². The van der Waals surface area contributed by atoms with Gasteiger partial charge in [-0.25, -0.2) is 0 Å². The van der Waals surface area contributed by atoms with E-state index in [9.17, 15) is 9.90 Å². The van der Waals surface area contributed by atoms with E-state index in [0.717, 1.165) is 0 Å². The Labute approximate surface area is 119 Å². The lowest BCUT2D eigenvalue weighted by Gasteiger charge is -2.21. The van der Waals surface area contributed by atoms with Crippen LogP contribution in [0.2, 0.25) is 0 Å². The van der Waals surface area contributed by atoms with Gasteiger partial charge in [0.15, 0.2) is 0 Å². The molecule has 0 saturated carbocycles. The van der Waals surface area contributed by atoms with E-state index >= 15 is 0 Å². The number of hydrogen-bond acceptors (Lipinski definition) is 5. The van der Waals surface area contributed by atoms with E-state index in [1.807, 2.05) is 0 Å². The first-order chi connectivity index (χ1) is 9.26. The van der Waals surface area contributed by atoms with E-state index in [2.05, 4.69) is 0 Å². The first-order valence-electron chi connectivity index (χ1n) is 6.38. The molecule has 1 rings (SSSR count). The molecule has 0 heterocycles. The number of aliphatic hydroxyl groups excluding tert-OH is 1. The van der Waals surface area contributed by atoms with Crippen molar-refractivity contribution in [2.75, 3.05) is 14.2 Å². The SMILES string of the molecule is COc1ccc(OC)c(C(O)CC(=O)OC(C)(C)C)c1. The largest absolute Gasteiger partial charge is 0.497 e. The summed E-state index contributed by atoms with van der Waals surface area (Å²) in [5.41, 5.74) is -0.0763. The molecule has 1 aromatic rings. The minimum Gasteiger partial charge on any atom is -0.497 e. The third-order valence-electron chi connectivity index (χ3n) is 2.58. The summed E-state index contributed by atoms with van der Waals surface area (Å²) in [6.07, 6.45) is -1.14. The highest BCUT2D eigenvalue weighted by molar-refractivity contribution is 5.71. The molecule has 0 aliphatic carbocycles. The molecular weight excluding hydrogens is 260 g/mol. The van der Waals surface area contributed by atoms with E-state index in [1.54, 1.807) is 39.0 Å². The molecule has 5 nitrogen and oxygen atoms in total. The zero-order chi connectivity index (χ0) is 15.3. The fourth-order valence-corrected chi connectivity index (χ4v) is 1.75. The van der Waals surface area contributed by atoms with Crippen LogP contribution >= 0.6 is 0 Å². The summed E-state index contributed by atoms with van der Waals surface area (Å²) in [6.45, 7) is 5.34. The van der Waals surface area contributed by atoms with Gasteiger partial charge in [0.25, 0.3) is 0 Å². The first-order valence-corrected chi connectivity index (χ1v) is 6.38. The molecule has 20 heavy (non-hydrogen) atoms. The van der Waals surface area contributed by atoms with Gasteiger partial charge in [0, 0.05) is 5.56 Å². The van der Waals surface area contributed by atoms with Gasteiger partial charge in [-0.05, 0) is 39.0 Å². The third kappa shape index (κ3) is 4.74. The van der Waals surface area contributed by atoms with Crippen LogP contribution in [0.3, 0.4) is 0 Å². The van der Waals surface area contributed by atoms with Crippen molar-refractivity contribution in [2.45, 2.75) is 38.9 Å². The Morgan fingerprint density at radius 1 is 1.25 bits per heavy atom. The van der Waals surface area contributed by atoms with Crippen LogP contribution in [0.25, 0.3) is 0 Å². The Balaban J connectivity index is 2.85. The van der Waals surface area contributed by atoms with Crippen molar-refractivity contribution in [3.63, 3.8) is 0 Å². The van der Waals surface area contributed by atoms with Crippen LogP contribution in [0.4, 0.5) is 0 Å². The standard InChI is InChI=1S/C15H22O5/c1-15(2,3)20-14(17)9-12(16)11-8-10(18-4)6-7-13(11)19-5/h6-8,12,16H,9H2,1-5H3. The molecular formula is C15H22O5. The summed E-state index contributed by atoms with van der Waals surface area (Å²) >= 11 is 0. The Morgan fingerprint density at radius 3 is 2.40 bits per heavy atom. The van der Waals surface area contributed by atoms with E-state index in [4.69, 9.17) is 14.2 Å². The fourth-order valence-electron chi connectivity index (χ4n) is 1.75. The molecule has 0 aliphatic rings. The number of carbonyl (C=O) groups excluding carboxylic acids is 1. The van der Waals surface area contributed by atoms with Crippen LogP contribution in [0.1, 0.15) is 38.9 Å². The minimum absolute atomic E-state index is 0.138.